The van der Waals surface area contributed by atoms with Crippen molar-refractivity contribution in [3.05, 3.63) is 63.7 Å². The highest BCUT2D eigenvalue weighted by molar-refractivity contribution is 5.42. The predicted octanol–water partition coefficient (Wildman–Crippen LogP) is 2.04. The maximum atomic E-state index is 2.20. The van der Waals surface area contributed by atoms with Crippen LogP contribution < -0.4 is 0 Å². The van der Waals surface area contributed by atoms with Gasteiger partial charge in [0.15, 0.2) is 0 Å². The Morgan fingerprint density at radius 3 is 2.00 bits per heavy atom. The van der Waals surface area contributed by atoms with Gasteiger partial charge in [-0.05, 0) is 69.6 Å². The highest BCUT2D eigenvalue weighted by Crippen LogP contribution is 2.36. The van der Waals surface area contributed by atoms with Gasteiger partial charge < -0.3 is 0 Å². The molecule has 11 heavy (non-hydrogen) atoms. The fourth-order valence-corrected chi connectivity index (χ4v) is 1.33. The molecule has 0 aliphatic heterocycles. The van der Waals surface area contributed by atoms with E-state index in [4.69, 9.17) is 0 Å². The first kappa shape index (κ1) is 7.64. The molecule has 0 N–H and O–H groups in total. The van der Waals surface area contributed by atoms with Gasteiger partial charge in [0.2, 0.25) is 0 Å². The molecule has 0 nitrogen and oxygen atoms in total. The van der Waals surface area contributed by atoms with E-state index in [-0.39, 0.29) is 0 Å². The summed E-state index contributed by atoms with van der Waals surface area (Å²) in [4.78, 5) is 0. The molecule has 0 aromatic carbocycles. The molecule has 0 heteroatoms. The highest BCUT2D eigenvalue weighted by atomic mass is 14.3. The summed E-state index contributed by atoms with van der Waals surface area (Å²) in [7, 11) is 0. The van der Waals surface area contributed by atoms with Gasteiger partial charge >= 0.3 is 0 Å². The van der Waals surface area contributed by atoms with Gasteiger partial charge in [-0.15, -0.1) is 0 Å². The van der Waals surface area contributed by atoms with Crippen LogP contribution in [0.5, 0.6) is 0 Å². The molecule has 0 aromatic heterocycles. The molecule has 0 unspecified atom stereocenters. The number of hydrogen-bond acceptors (Lipinski definition) is 0. The molecule has 0 amide bonds. The molecular formula is C11H10. The Morgan fingerprint density at radius 2 is 1.36 bits per heavy atom. The van der Waals surface area contributed by atoms with Crippen LogP contribution in [0.15, 0.2) is 0 Å². The fraction of sp³-hybridized carbons (Fsp3) is 0.0909. The van der Waals surface area contributed by atoms with Gasteiger partial charge in [0.25, 0.3) is 0 Å². The van der Waals surface area contributed by atoms with Crippen LogP contribution in [-0.4, -0.2) is 0 Å². The quantitative estimate of drug-likeness (QED) is 0.525. The normalized spacial score (nSPS) is 29.5. The van der Waals surface area contributed by atoms with Crippen molar-refractivity contribution in [3.63, 3.8) is 0 Å². The van der Waals surface area contributed by atoms with Crippen molar-refractivity contribution in [2.75, 3.05) is 0 Å². The maximum Gasteiger partial charge on any atom is -0.0130 e. The minimum absolute atomic E-state index is 0.495. The third-order valence-corrected chi connectivity index (χ3v) is 1.93. The maximum absolute atomic E-state index is 2.20. The Balaban J connectivity index is 1.82. The molecule has 2 aliphatic carbocycles. The first-order chi connectivity index (χ1) is 5.47. The molecule has 54 valence electrons. The van der Waals surface area contributed by atoms with Crippen molar-refractivity contribution < 1.29 is 0 Å². The zero-order valence-electron chi connectivity index (χ0n) is 6.27. The van der Waals surface area contributed by atoms with Crippen molar-refractivity contribution >= 4 is 0 Å². The van der Waals surface area contributed by atoms with Crippen LogP contribution in [0.25, 0.3) is 0 Å². The summed E-state index contributed by atoms with van der Waals surface area (Å²) in [6.07, 6.45) is 19.1. The molecule has 2 rings (SSSR count). The lowest BCUT2D eigenvalue weighted by Crippen LogP contribution is -2.16. The largest absolute Gasteiger partial charge is 0.0312 e. The molecule has 0 aromatic rings. The summed E-state index contributed by atoms with van der Waals surface area (Å²) in [5, 5.41) is 0. The lowest BCUT2D eigenvalue weighted by atomic mass is 9.79. The van der Waals surface area contributed by atoms with Crippen molar-refractivity contribution in [1.29, 1.82) is 0 Å². The molecule has 2 saturated carbocycles. The standard InChI is InChI=1S/C11H10/c1-2-6-10(7-3-1)11-8-4-5-9-11/h1-10H. The number of rotatable bonds is 1. The van der Waals surface area contributed by atoms with Gasteiger partial charge in [0, 0.05) is 0 Å². The Kier molecular flexibility index (Phi) is 2.50. The van der Waals surface area contributed by atoms with Crippen molar-refractivity contribution in [2.45, 2.75) is 0 Å². The summed E-state index contributed by atoms with van der Waals surface area (Å²) >= 11 is 0. The molecule has 0 spiro atoms. The van der Waals surface area contributed by atoms with E-state index in [1.165, 1.54) is 5.92 Å². The van der Waals surface area contributed by atoms with Crippen LogP contribution in [0.3, 0.4) is 0 Å². The van der Waals surface area contributed by atoms with E-state index in [2.05, 4.69) is 57.8 Å². The molecular weight excluding hydrogens is 132 g/mol. The molecule has 10 radical (unpaired) electrons. The molecule has 2 fully saturated rings. The van der Waals surface area contributed by atoms with Gasteiger partial charge in [-0.25, -0.2) is 0 Å². The Morgan fingerprint density at radius 1 is 0.727 bits per heavy atom. The zero-order valence-corrected chi connectivity index (χ0v) is 6.27. The second kappa shape index (κ2) is 3.60. The van der Waals surface area contributed by atoms with Gasteiger partial charge in [0.05, 0.1) is 0 Å². The van der Waals surface area contributed by atoms with Gasteiger partial charge in [-0.1, -0.05) is 0 Å². The van der Waals surface area contributed by atoms with Gasteiger partial charge in [-0.3, -0.25) is 0 Å². The summed E-state index contributed by atoms with van der Waals surface area (Å²) in [5.74, 6) is 1.88. The van der Waals surface area contributed by atoms with Crippen LogP contribution in [0.4, 0.5) is 0 Å². The van der Waals surface area contributed by atoms with Crippen molar-refractivity contribution in [2.24, 2.45) is 5.92 Å². The first-order valence-electron chi connectivity index (χ1n) is 3.87. The van der Waals surface area contributed by atoms with Gasteiger partial charge in [-0.2, -0.15) is 0 Å². The Bertz CT molecular complexity index is 105. The summed E-state index contributed by atoms with van der Waals surface area (Å²) in [6.45, 7) is 0. The van der Waals surface area contributed by atoms with Crippen LogP contribution >= 0.6 is 0 Å². The molecule has 0 saturated heterocycles. The summed E-state index contributed by atoms with van der Waals surface area (Å²) in [5.41, 5.74) is 0. The molecule has 0 atom stereocenters. The van der Waals surface area contributed by atoms with Crippen LogP contribution in [-0.2, 0) is 0 Å². The lowest BCUT2D eigenvalue weighted by molar-refractivity contribution is 0.752. The van der Waals surface area contributed by atoms with E-state index in [0.717, 1.165) is 0 Å². The summed E-state index contributed by atoms with van der Waals surface area (Å²) in [6, 6.07) is 0. The average Bonchev–Trinajstić information content (AvgIpc) is 2.58. The highest BCUT2D eigenvalue weighted by Gasteiger charge is 2.27. The smallest absolute Gasteiger partial charge is 0.0130 e. The SMILES string of the molecule is [CH]1[CH][CH]C([C]2[CH][CH][CH][CH]2)[CH][CH]1. The van der Waals surface area contributed by atoms with E-state index in [1.807, 2.05) is 0 Å². The average molecular weight is 142 g/mol. The van der Waals surface area contributed by atoms with E-state index in [0.29, 0.717) is 5.92 Å². The van der Waals surface area contributed by atoms with E-state index in [1.54, 1.807) is 0 Å². The van der Waals surface area contributed by atoms with Crippen molar-refractivity contribution in [1.82, 2.24) is 0 Å². The molecule has 2 aliphatic rings. The van der Waals surface area contributed by atoms with Gasteiger partial charge in [0.1, 0.15) is 0 Å². The minimum Gasteiger partial charge on any atom is -0.0312 e. The second-order valence-corrected chi connectivity index (χ2v) is 2.71. The monoisotopic (exact) mass is 142 g/mol. The lowest BCUT2D eigenvalue weighted by Gasteiger charge is -2.25. The van der Waals surface area contributed by atoms with E-state index >= 15 is 0 Å². The third-order valence-electron chi connectivity index (χ3n) is 1.93. The summed E-state index contributed by atoms with van der Waals surface area (Å²) < 4.78 is 0. The topological polar surface area (TPSA) is 0 Å². The van der Waals surface area contributed by atoms with Crippen molar-refractivity contribution in [3.8, 4) is 0 Å². The van der Waals surface area contributed by atoms with Crippen LogP contribution in [0.2, 0.25) is 0 Å². The molecule has 0 heterocycles. The second-order valence-electron chi connectivity index (χ2n) is 2.71. The van der Waals surface area contributed by atoms with Crippen LogP contribution in [0, 0.1) is 69.6 Å². The minimum atomic E-state index is 0.495. The Labute approximate surface area is 70.4 Å². The Hall–Kier alpha value is 0. The zero-order chi connectivity index (χ0) is 7.52. The first-order valence-corrected chi connectivity index (χ1v) is 3.87. The number of hydrogen-bond donors (Lipinski definition) is 0. The van der Waals surface area contributed by atoms with Crippen LogP contribution in [0.1, 0.15) is 0 Å². The molecule has 0 bridgehead atoms. The van der Waals surface area contributed by atoms with E-state index < -0.39 is 0 Å². The predicted molar refractivity (Wildman–Crippen MR) is 45.4 cm³/mol. The third kappa shape index (κ3) is 1.77. The van der Waals surface area contributed by atoms with E-state index in [9.17, 15) is 0 Å². The fourth-order valence-electron chi connectivity index (χ4n) is 1.33.